The van der Waals surface area contributed by atoms with Crippen LogP contribution in [0.25, 0.3) is 5.57 Å². The van der Waals surface area contributed by atoms with Gasteiger partial charge in [-0.15, -0.1) is 0 Å². The van der Waals surface area contributed by atoms with Crippen LogP contribution in [0.4, 0.5) is 13.2 Å². The molecular weight excluding hydrogens is 409 g/mol. The fourth-order valence-electron chi connectivity index (χ4n) is 5.42. The summed E-state index contributed by atoms with van der Waals surface area (Å²) in [6.45, 7) is 4.46. The molecule has 1 fully saturated rings. The van der Waals surface area contributed by atoms with Crippen LogP contribution < -0.4 is 4.74 Å². The molecule has 1 nitrogen and oxygen atoms in total. The molecule has 0 radical (unpaired) electrons. The summed E-state index contributed by atoms with van der Waals surface area (Å²) in [5, 5.41) is 0. The molecule has 0 N–H and O–H groups in total. The number of rotatable bonds is 7. The van der Waals surface area contributed by atoms with E-state index in [1.165, 1.54) is 35.6 Å². The van der Waals surface area contributed by atoms with Crippen LogP contribution >= 0.6 is 0 Å². The van der Waals surface area contributed by atoms with Crippen LogP contribution in [0.1, 0.15) is 98.4 Å². The Kier molecular flexibility index (Phi) is 6.97. The van der Waals surface area contributed by atoms with Crippen molar-refractivity contribution in [3.8, 4) is 5.75 Å². The summed E-state index contributed by atoms with van der Waals surface area (Å²) in [6.07, 6.45) is 5.12. The number of ether oxygens (including phenoxy) is 1. The van der Waals surface area contributed by atoms with E-state index in [4.69, 9.17) is 4.74 Å². The van der Waals surface area contributed by atoms with Crippen LogP contribution in [0.2, 0.25) is 0 Å². The van der Waals surface area contributed by atoms with Gasteiger partial charge in [-0.05, 0) is 97.4 Å². The number of alkyl halides is 3. The summed E-state index contributed by atoms with van der Waals surface area (Å²) in [6, 6.07) is 10.8. The molecule has 0 bridgehead atoms. The van der Waals surface area contributed by atoms with E-state index in [2.05, 4.69) is 26.0 Å². The van der Waals surface area contributed by atoms with Crippen molar-refractivity contribution in [2.24, 2.45) is 0 Å². The Morgan fingerprint density at radius 3 is 2.47 bits per heavy atom. The second-order valence-corrected chi connectivity index (χ2v) is 9.35. The molecule has 2 aromatic rings. The standard InChI is InChI=1S/C28H33F3O/c1-3-7-21-10-6-11-24(21)26-17-23(14-12-19(26)2)32-18-20-13-15-25(22-8-4-5-9-22)27(16-20)28(29,30)31/h12-17,22H,3-11,18H2,1-2H3. The van der Waals surface area contributed by atoms with E-state index in [1.54, 1.807) is 17.7 Å². The molecule has 0 spiro atoms. The quantitative estimate of drug-likeness (QED) is 0.416. The van der Waals surface area contributed by atoms with Crippen molar-refractivity contribution >= 4 is 5.57 Å². The fraction of sp³-hybridized carbons (Fsp3) is 0.500. The lowest BCUT2D eigenvalue weighted by atomic mass is 9.91. The van der Waals surface area contributed by atoms with Gasteiger partial charge >= 0.3 is 6.18 Å². The molecule has 0 heterocycles. The van der Waals surface area contributed by atoms with Crippen molar-refractivity contribution in [3.05, 3.63) is 69.8 Å². The van der Waals surface area contributed by atoms with Crippen LogP contribution in [-0.4, -0.2) is 0 Å². The van der Waals surface area contributed by atoms with Crippen molar-refractivity contribution < 1.29 is 17.9 Å². The molecule has 0 unspecified atom stereocenters. The summed E-state index contributed by atoms with van der Waals surface area (Å²) < 4.78 is 47.3. The molecule has 4 rings (SSSR count). The Bertz CT molecular complexity index is 981. The molecule has 32 heavy (non-hydrogen) atoms. The number of aryl methyl sites for hydroxylation is 1. The highest BCUT2D eigenvalue weighted by Gasteiger charge is 2.36. The first-order chi connectivity index (χ1) is 15.4. The molecule has 0 aliphatic heterocycles. The number of hydrogen-bond donors (Lipinski definition) is 0. The van der Waals surface area contributed by atoms with Gasteiger partial charge in [-0.2, -0.15) is 13.2 Å². The van der Waals surface area contributed by atoms with E-state index in [-0.39, 0.29) is 12.5 Å². The topological polar surface area (TPSA) is 9.23 Å². The van der Waals surface area contributed by atoms with Crippen molar-refractivity contribution in [2.45, 2.75) is 90.3 Å². The highest BCUT2D eigenvalue weighted by molar-refractivity contribution is 5.73. The Balaban J connectivity index is 1.54. The molecule has 2 aromatic carbocycles. The van der Waals surface area contributed by atoms with Crippen LogP contribution in [0.3, 0.4) is 0 Å². The maximum Gasteiger partial charge on any atom is 0.416 e. The molecule has 0 aromatic heterocycles. The number of halogens is 3. The first-order valence-corrected chi connectivity index (χ1v) is 12.0. The Morgan fingerprint density at radius 1 is 0.969 bits per heavy atom. The lowest BCUT2D eigenvalue weighted by Gasteiger charge is -2.19. The van der Waals surface area contributed by atoms with Crippen molar-refractivity contribution in [1.82, 2.24) is 0 Å². The molecule has 172 valence electrons. The monoisotopic (exact) mass is 442 g/mol. The van der Waals surface area contributed by atoms with E-state index in [1.807, 2.05) is 6.07 Å². The largest absolute Gasteiger partial charge is 0.489 e. The maximum atomic E-state index is 13.8. The summed E-state index contributed by atoms with van der Waals surface area (Å²) in [5.74, 6) is 0.743. The Labute approximate surface area is 189 Å². The summed E-state index contributed by atoms with van der Waals surface area (Å²) >= 11 is 0. The fourth-order valence-corrected chi connectivity index (χ4v) is 5.42. The molecule has 4 heteroatoms. The van der Waals surface area contributed by atoms with E-state index >= 15 is 0 Å². The average molecular weight is 443 g/mol. The van der Waals surface area contributed by atoms with Crippen molar-refractivity contribution in [1.29, 1.82) is 0 Å². The van der Waals surface area contributed by atoms with Gasteiger partial charge in [0, 0.05) is 0 Å². The van der Waals surface area contributed by atoms with E-state index in [0.29, 0.717) is 16.9 Å². The third kappa shape index (κ3) is 5.05. The first-order valence-electron chi connectivity index (χ1n) is 12.0. The minimum atomic E-state index is -4.34. The minimum Gasteiger partial charge on any atom is -0.489 e. The number of allylic oxidation sites excluding steroid dienone is 2. The zero-order chi connectivity index (χ0) is 22.7. The zero-order valence-corrected chi connectivity index (χ0v) is 19.2. The highest BCUT2D eigenvalue weighted by Crippen LogP contribution is 2.42. The lowest BCUT2D eigenvalue weighted by molar-refractivity contribution is -0.138. The molecule has 2 aliphatic rings. The van der Waals surface area contributed by atoms with Gasteiger partial charge in [-0.3, -0.25) is 0 Å². The summed E-state index contributed by atoms with van der Waals surface area (Å²) in [7, 11) is 0. The Hall–Kier alpha value is -2.23. The predicted molar refractivity (Wildman–Crippen MR) is 124 cm³/mol. The average Bonchev–Trinajstić information content (AvgIpc) is 3.45. The van der Waals surface area contributed by atoms with Gasteiger partial charge in [0.25, 0.3) is 0 Å². The SMILES string of the molecule is CCCC1=C(c2cc(OCc3ccc(C4CCCC4)c(C(F)(F)F)c3)ccc2C)CCC1. The van der Waals surface area contributed by atoms with Gasteiger partial charge in [-0.25, -0.2) is 0 Å². The smallest absolute Gasteiger partial charge is 0.416 e. The normalized spacial score (nSPS) is 17.4. The van der Waals surface area contributed by atoms with Crippen LogP contribution in [0.15, 0.2) is 42.0 Å². The van der Waals surface area contributed by atoms with Gasteiger partial charge in [0.15, 0.2) is 0 Å². The third-order valence-electron chi connectivity index (χ3n) is 7.04. The van der Waals surface area contributed by atoms with Crippen molar-refractivity contribution in [2.75, 3.05) is 0 Å². The molecule has 0 saturated heterocycles. The van der Waals surface area contributed by atoms with Crippen LogP contribution in [0.5, 0.6) is 5.75 Å². The van der Waals surface area contributed by atoms with Gasteiger partial charge in [-0.1, -0.05) is 50.0 Å². The van der Waals surface area contributed by atoms with Crippen molar-refractivity contribution in [3.63, 3.8) is 0 Å². The van der Waals surface area contributed by atoms with Crippen LogP contribution in [0, 0.1) is 6.92 Å². The lowest BCUT2D eigenvalue weighted by Crippen LogP contribution is -2.12. The first kappa shape index (κ1) is 22.9. The van der Waals surface area contributed by atoms with Gasteiger partial charge in [0.1, 0.15) is 12.4 Å². The maximum absolute atomic E-state index is 13.8. The second kappa shape index (κ2) is 9.72. The summed E-state index contributed by atoms with van der Waals surface area (Å²) in [5.41, 5.74) is 5.97. The van der Waals surface area contributed by atoms with E-state index < -0.39 is 11.7 Å². The summed E-state index contributed by atoms with van der Waals surface area (Å²) in [4.78, 5) is 0. The molecule has 1 saturated carbocycles. The molecule has 0 amide bonds. The molecular formula is C28H33F3O. The van der Waals surface area contributed by atoms with E-state index in [0.717, 1.165) is 44.9 Å². The van der Waals surface area contributed by atoms with Crippen LogP contribution in [-0.2, 0) is 12.8 Å². The minimum absolute atomic E-state index is 0.0262. The number of hydrogen-bond acceptors (Lipinski definition) is 1. The van der Waals surface area contributed by atoms with Gasteiger partial charge < -0.3 is 4.74 Å². The van der Waals surface area contributed by atoms with Gasteiger partial charge in [0.2, 0.25) is 0 Å². The predicted octanol–water partition coefficient (Wildman–Crippen LogP) is 8.99. The zero-order valence-electron chi connectivity index (χ0n) is 19.2. The second-order valence-electron chi connectivity index (χ2n) is 9.35. The van der Waals surface area contributed by atoms with E-state index in [9.17, 15) is 13.2 Å². The highest BCUT2D eigenvalue weighted by atomic mass is 19.4. The van der Waals surface area contributed by atoms with Gasteiger partial charge in [0.05, 0.1) is 5.56 Å². The third-order valence-corrected chi connectivity index (χ3v) is 7.04. The Morgan fingerprint density at radius 2 is 1.75 bits per heavy atom. The molecule has 0 atom stereocenters. The molecule has 2 aliphatic carbocycles. The number of benzene rings is 2.